The predicted octanol–water partition coefficient (Wildman–Crippen LogP) is 1.45. The normalized spacial score (nSPS) is 27.6. The molecular weight excluding hydrogens is 224 g/mol. The van der Waals surface area contributed by atoms with Gasteiger partial charge in [-0.25, -0.2) is 4.79 Å². The maximum absolute atomic E-state index is 11.1. The van der Waals surface area contributed by atoms with Crippen molar-refractivity contribution in [3.05, 3.63) is 23.8 Å². The summed E-state index contributed by atoms with van der Waals surface area (Å²) in [5.41, 5.74) is -1.00. The molecule has 0 saturated heterocycles. The molecule has 0 aromatic carbocycles. The smallest absolute Gasteiger partial charge is 0.335 e. The summed E-state index contributed by atoms with van der Waals surface area (Å²) in [6, 6.07) is 0. The van der Waals surface area contributed by atoms with Crippen LogP contribution in [0.5, 0.6) is 0 Å². The highest BCUT2D eigenvalue weighted by Crippen LogP contribution is 2.31. The molecule has 0 saturated carbocycles. The molecule has 0 fully saturated rings. The van der Waals surface area contributed by atoms with Crippen molar-refractivity contribution in [1.29, 1.82) is 0 Å². The Hall–Kier alpha value is -1.62. The van der Waals surface area contributed by atoms with Gasteiger partial charge in [-0.2, -0.15) is 0 Å². The number of hydrogen-bond acceptors (Lipinski definition) is 3. The quantitative estimate of drug-likeness (QED) is 0.759. The fourth-order valence-electron chi connectivity index (χ4n) is 1.68. The molecule has 0 aromatic heterocycles. The molecule has 0 spiro atoms. The lowest BCUT2D eigenvalue weighted by Gasteiger charge is -2.33. The molecule has 0 bridgehead atoms. The molecule has 2 N–H and O–H groups in total. The third kappa shape index (κ3) is 2.94. The molecule has 94 valence electrons. The zero-order valence-corrected chi connectivity index (χ0v) is 9.84. The SMILES string of the molecule is CCCOC1(C)C=CC(C(=O)O)=CC1C(=O)O. The summed E-state index contributed by atoms with van der Waals surface area (Å²) < 4.78 is 5.52. The minimum atomic E-state index is -1.13. The average molecular weight is 240 g/mol. The van der Waals surface area contributed by atoms with E-state index in [9.17, 15) is 9.59 Å². The average Bonchev–Trinajstić information content (AvgIpc) is 2.26. The van der Waals surface area contributed by atoms with Crippen LogP contribution in [-0.2, 0) is 14.3 Å². The van der Waals surface area contributed by atoms with Gasteiger partial charge in [0.1, 0.15) is 11.5 Å². The standard InChI is InChI=1S/C12H16O5/c1-3-6-17-12(2)5-4-8(10(13)14)7-9(12)11(15)16/h4-5,7,9H,3,6H2,1-2H3,(H,13,14)(H,15,16). The van der Waals surface area contributed by atoms with Gasteiger partial charge in [-0.1, -0.05) is 19.1 Å². The van der Waals surface area contributed by atoms with Crippen LogP contribution in [0.4, 0.5) is 0 Å². The highest BCUT2D eigenvalue weighted by Gasteiger charge is 2.39. The van der Waals surface area contributed by atoms with Gasteiger partial charge in [-0.15, -0.1) is 0 Å². The van der Waals surface area contributed by atoms with Crippen molar-refractivity contribution in [1.82, 2.24) is 0 Å². The molecular formula is C12H16O5. The summed E-state index contributed by atoms with van der Waals surface area (Å²) in [5.74, 6) is -3.21. The topological polar surface area (TPSA) is 83.8 Å². The Labute approximate surface area is 99.4 Å². The predicted molar refractivity (Wildman–Crippen MR) is 60.6 cm³/mol. The molecule has 1 aliphatic carbocycles. The van der Waals surface area contributed by atoms with E-state index in [4.69, 9.17) is 14.9 Å². The molecule has 0 aromatic rings. The first kappa shape index (κ1) is 13.4. The Morgan fingerprint density at radius 1 is 1.47 bits per heavy atom. The number of aliphatic carboxylic acids is 2. The van der Waals surface area contributed by atoms with Crippen LogP contribution in [0.25, 0.3) is 0 Å². The summed E-state index contributed by atoms with van der Waals surface area (Å²) in [6.07, 6.45) is 4.88. The van der Waals surface area contributed by atoms with E-state index in [0.29, 0.717) is 6.61 Å². The molecule has 1 rings (SSSR count). The molecule has 2 unspecified atom stereocenters. The molecule has 5 heteroatoms. The number of carboxylic acid groups (broad SMARTS) is 2. The van der Waals surface area contributed by atoms with Gasteiger partial charge in [0.05, 0.1) is 5.57 Å². The summed E-state index contributed by atoms with van der Waals surface area (Å²) in [6.45, 7) is 4.00. The molecule has 0 radical (unpaired) electrons. The van der Waals surface area contributed by atoms with E-state index in [-0.39, 0.29) is 5.57 Å². The van der Waals surface area contributed by atoms with Gasteiger partial charge < -0.3 is 14.9 Å². The lowest BCUT2D eigenvalue weighted by Crippen LogP contribution is -2.41. The fourth-order valence-corrected chi connectivity index (χ4v) is 1.68. The maximum atomic E-state index is 11.1. The number of ether oxygens (including phenoxy) is 1. The zero-order valence-electron chi connectivity index (χ0n) is 9.84. The van der Waals surface area contributed by atoms with Crippen LogP contribution in [-0.4, -0.2) is 34.4 Å². The first-order valence-electron chi connectivity index (χ1n) is 5.42. The van der Waals surface area contributed by atoms with E-state index in [1.807, 2.05) is 6.92 Å². The summed E-state index contributed by atoms with van der Waals surface area (Å²) in [7, 11) is 0. The van der Waals surface area contributed by atoms with Crippen LogP contribution in [0.3, 0.4) is 0 Å². The lowest BCUT2D eigenvalue weighted by atomic mass is 9.82. The van der Waals surface area contributed by atoms with Crippen LogP contribution in [0.2, 0.25) is 0 Å². The Kier molecular flexibility index (Phi) is 4.07. The Bertz CT molecular complexity index is 382. The second-order valence-electron chi connectivity index (χ2n) is 4.11. The molecule has 0 amide bonds. The van der Waals surface area contributed by atoms with Gasteiger partial charge in [0.2, 0.25) is 0 Å². The van der Waals surface area contributed by atoms with Gasteiger partial charge in [-0.05, 0) is 19.4 Å². The number of hydrogen-bond donors (Lipinski definition) is 2. The van der Waals surface area contributed by atoms with Gasteiger partial charge >= 0.3 is 11.9 Å². The Morgan fingerprint density at radius 3 is 2.59 bits per heavy atom. The van der Waals surface area contributed by atoms with E-state index in [2.05, 4.69) is 0 Å². The zero-order chi connectivity index (χ0) is 13.1. The van der Waals surface area contributed by atoms with E-state index >= 15 is 0 Å². The fraction of sp³-hybridized carbons (Fsp3) is 0.500. The molecule has 1 aliphatic rings. The van der Waals surface area contributed by atoms with Crippen molar-refractivity contribution in [3.8, 4) is 0 Å². The van der Waals surface area contributed by atoms with Crippen molar-refractivity contribution in [2.24, 2.45) is 5.92 Å². The Balaban J connectivity index is 2.99. The van der Waals surface area contributed by atoms with Gasteiger partial charge in [-0.3, -0.25) is 4.79 Å². The third-order valence-corrected chi connectivity index (χ3v) is 2.69. The number of rotatable bonds is 5. The van der Waals surface area contributed by atoms with Gasteiger partial charge in [0.15, 0.2) is 0 Å². The Morgan fingerprint density at radius 2 is 2.12 bits per heavy atom. The first-order valence-corrected chi connectivity index (χ1v) is 5.42. The van der Waals surface area contributed by atoms with Crippen molar-refractivity contribution in [2.75, 3.05) is 6.61 Å². The van der Waals surface area contributed by atoms with Crippen LogP contribution < -0.4 is 0 Å². The van der Waals surface area contributed by atoms with E-state index in [0.717, 1.165) is 6.42 Å². The summed E-state index contributed by atoms with van der Waals surface area (Å²) in [5, 5.41) is 18.0. The minimum absolute atomic E-state index is 0.0185. The largest absolute Gasteiger partial charge is 0.481 e. The number of carbonyl (C=O) groups is 2. The van der Waals surface area contributed by atoms with Gasteiger partial charge in [0, 0.05) is 6.61 Å². The maximum Gasteiger partial charge on any atom is 0.335 e. The molecule has 5 nitrogen and oxygen atoms in total. The van der Waals surface area contributed by atoms with E-state index in [1.165, 1.54) is 18.2 Å². The highest BCUT2D eigenvalue weighted by molar-refractivity contribution is 5.92. The van der Waals surface area contributed by atoms with Crippen molar-refractivity contribution < 1.29 is 24.5 Å². The van der Waals surface area contributed by atoms with E-state index < -0.39 is 23.5 Å². The molecule has 0 aliphatic heterocycles. The molecule has 17 heavy (non-hydrogen) atoms. The van der Waals surface area contributed by atoms with Crippen molar-refractivity contribution in [2.45, 2.75) is 25.9 Å². The summed E-state index contributed by atoms with van der Waals surface area (Å²) >= 11 is 0. The second-order valence-corrected chi connectivity index (χ2v) is 4.11. The first-order chi connectivity index (χ1) is 7.90. The molecule has 0 heterocycles. The summed E-state index contributed by atoms with van der Waals surface area (Å²) in [4.78, 5) is 21.9. The van der Waals surface area contributed by atoms with Crippen LogP contribution in [0, 0.1) is 5.92 Å². The monoisotopic (exact) mass is 240 g/mol. The third-order valence-electron chi connectivity index (χ3n) is 2.69. The van der Waals surface area contributed by atoms with Gasteiger partial charge in [0.25, 0.3) is 0 Å². The minimum Gasteiger partial charge on any atom is -0.481 e. The van der Waals surface area contributed by atoms with Crippen molar-refractivity contribution >= 4 is 11.9 Å². The van der Waals surface area contributed by atoms with Crippen LogP contribution in [0.15, 0.2) is 23.8 Å². The van der Waals surface area contributed by atoms with Crippen molar-refractivity contribution in [3.63, 3.8) is 0 Å². The van der Waals surface area contributed by atoms with Crippen LogP contribution >= 0.6 is 0 Å². The second kappa shape index (κ2) is 5.14. The lowest BCUT2D eigenvalue weighted by molar-refractivity contribution is -0.148. The highest BCUT2D eigenvalue weighted by atomic mass is 16.5. The number of carboxylic acids is 2. The van der Waals surface area contributed by atoms with E-state index in [1.54, 1.807) is 6.92 Å². The van der Waals surface area contributed by atoms with Crippen LogP contribution in [0.1, 0.15) is 20.3 Å². The molecule has 2 atom stereocenters.